The summed E-state index contributed by atoms with van der Waals surface area (Å²) in [5.74, 6) is 1.27. The smallest absolute Gasteiger partial charge is 0.161 e. The van der Waals surface area contributed by atoms with Gasteiger partial charge in [-0.15, -0.1) is 0 Å². The first kappa shape index (κ1) is 13.2. The van der Waals surface area contributed by atoms with E-state index >= 15 is 0 Å². The molecule has 104 valence electrons. The van der Waals surface area contributed by atoms with Gasteiger partial charge in [0.1, 0.15) is 5.84 Å². The highest BCUT2D eigenvalue weighted by Crippen LogP contribution is 2.26. The van der Waals surface area contributed by atoms with Crippen LogP contribution in [0.4, 0.5) is 0 Å². The van der Waals surface area contributed by atoms with Crippen LogP contribution in [0, 0.1) is 12.8 Å². The Morgan fingerprint density at radius 1 is 1.40 bits per heavy atom. The van der Waals surface area contributed by atoms with E-state index in [1.165, 1.54) is 16.4 Å². The summed E-state index contributed by atoms with van der Waals surface area (Å²) < 4.78 is 0. The van der Waals surface area contributed by atoms with Gasteiger partial charge in [0.05, 0.1) is 6.04 Å². The minimum Gasteiger partial charge on any atom is -0.262 e. The maximum Gasteiger partial charge on any atom is 0.161 e. The van der Waals surface area contributed by atoms with Crippen LogP contribution in [0.2, 0.25) is 0 Å². The van der Waals surface area contributed by atoms with Crippen molar-refractivity contribution in [3.8, 4) is 0 Å². The molecule has 2 atom stereocenters. The second kappa shape index (κ2) is 4.97. The Morgan fingerprint density at radius 3 is 2.90 bits per heavy atom. The van der Waals surface area contributed by atoms with Crippen molar-refractivity contribution in [3.05, 3.63) is 39.7 Å². The Balaban J connectivity index is 2.17. The molecule has 0 N–H and O–H groups in total. The lowest BCUT2D eigenvalue weighted by Gasteiger charge is -2.26. The zero-order valence-electron chi connectivity index (χ0n) is 12.6. The molecule has 0 saturated carbocycles. The van der Waals surface area contributed by atoms with Crippen LogP contribution in [0.15, 0.2) is 27.7 Å². The highest BCUT2D eigenvalue weighted by molar-refractivity contribution is 5.92. The molecule has 0 aliphatic carbocycles. The lowest BCUT2D eigenvalue weighted by atomic mass is 9.89. The highest BCUT2D eigenvalue weighted by Gasteiger charge is 2.25. The van der Waals surface area contributed by atoms with E-state index in [-0.39, 0.29) is 6.04 Å². The van der Waals surface area contributed by atoms with Crippen molar-refractivity contribution in [1.82, 2.24) is 4.98 Å². The van der Waals surface area contributed by atoms with Gasteiger partial charge in [-0.3, -0.25) is 4.99 Å². The predicted octanol–water partition coefficient (Wildman–Crippen LogP) is 2.12. The van der Waals surface area contributed by atoms with E-state index in [1.54, 1.807) is 0 Å². The van der Waals surface area contributed by atoms with E-state index in [2.05, 4.69) is 50.9 Å². The molecule has 0 spiro atoms. The number of rotatable bonds is 1. The van der Waals surface area contributed by atoms with E-state index < -0.39 is 0 Å². The summed E-state index contributed by atoms with van der Waals surface area (Å²) in [6.45, 7) is 8.47. The van der Waals surface area contributed by atoms with Crippen molar-refractivity contribution in [1.29, 1.82) is 0 Å². The lowest BCUT2D eigenvalue weighted by molar-refractivity contribution is 0.693. The Labute approximate surface area is 119 Å². The fraction of sp³-hybridized carbons (Fsp3) is 0.471. The number of aromatic nitrogens is 1. The van der Waals surface area contributed by atoms with Gasteiger partial charge in [-0.2, -0.15) is 0 Å². The van der Waals surface area contributed by atoms with Crippen molar-refractivity contribution in [2.45, 2.75) is 46.6 Å². The molecule has 0 bridgehead atoms. The fourth-order valence-electron chi connectivity index (χ4n) is 3.04. The molecule has 1 aromatic heterocycles. The molecule has 20 heavy (non-hydrogen) atoms. The number of pyridine rings is 1. The molecule has 3 heterocycles. The molecule has 3 nitrogen and oxygen atoms in total. The van der Waals surface area contributed by atoms with Crippen LogP contribution in [0.5, 0.6) is 0 Å². The molecule has 0 radical (unpaired) electrons. The number of hydrogen-bond donors (Lipinski definition) is 0. The van der Waals surface area contributed by atoms with E-state index in [9.17, 15) is 0 Å². The molecule has 0 fully saturated rings. The van der Waals surface area contributed by atoms with E-state index in [4.69, 9.17) is 9.98 Å². The Hall–Kier alpha value is -1.77. The Kier molecular flexibility index (Phi) is 3.28. The Bertz CT molecular complexity index is 725. The van der Waals surface area contributed by atoms with Gasteiger partial charge in [0.2, 0.25) is 0 Å². The third-order valence-corrected chi connectivity index (χ3v) is 4.33. The van der Waals surface area contributed by atoms with Crippen LogP contribution in [-0.2, 0) is 6.42 Å². The fourth-order valence-corrected chi connectivity index (χ4v) is 3.04. The highest BCUT2D eigenvalue weighted by atomic mass is 15.0. The van der Waals surface area contributed by atoms with Crippen molar-refractivity contribution in [2.24, 2.45) is 15.9 Å². The van der Waals surface area contributed by atoms with Gasteiger partial charge in [-0.25, -0.2) is 9.98 Å². The van der Waals surface area contributed by atoms with E-state index in [0.717, 1.165) is 29.9 Å². The third kappa shape index (κ3) is 2.11. The molecule has 0 aromatic carbocycles. The van der Waals surface area contributed by atoms with Gasteiger partial charge in [0.25, 0.3) is 0 Å². The van der Waals surface area contributed by atoms with Crippen LogP contribution in [0.1, 0.15) is 38.4 Å². The summed E-state index contributed by atoms with van der Waals surface area (Å²) in [6.07, 6.45) is 6.54. The first-order valence-corrected chi connectivity index (χ1v) is 7.42. The molecule has 2 aliphatic rings. The SMILES string of the molecule is C/C=C1/CC2C=c3cc(CC)c(C)nc3=NC2=N[C@H]1C. The summed E-state index contributed by atoms with van der Waals surface area (Å²) in [7, 11) is 0. The van der Waals surface area contributed by atoms with Crippen molar-refractivity contribution >= 4 is 11.9 Å². The van der Waals surface area contributed by atoms with Crippen LogP contribution in [0.25, 0.3) is 6.08 Å². The normalized spacial score (nSPS) is 26.2. The number of nitrogens with zero attached hydrogens (tertiary/aromatic N) is 3. The van der Waals surface area contributed by atoms with Crippen molar-refractivity contribution in [3.63, 3.8) is 0 Å². The maximum atomic E-state index is 4.74. The lowest BCUT2D eigenvalue weighted by Crippen LogP contribution is -2.39. The molecular formula is C17H21N3. The molecule has 2 aliphatic heterocycles. The summed E-state index contributed by atoms with van der Waals surface area (Å²) in [4.78, 5) is 14.1. The topological polar surface area (TPSA) is 37.6 Å². The van der Waals surface area contributed by atoms with Crippen molar-refractivity contribution < 1.29 is 0 Å². The third-order valence-electron chi connectivity index (χ3n) is 4.33. The first-order valence-electron chi connectivity index (χ1n) is 7.42. The average Bonchev–Trinajstić information content (AvgIpc) is 2.44. The number of amidine groups is 1. The molecular weight excluding hydrogens is 246 g/mol. The number of allylic oxidation sites excluding steroid dienone is 1. The molecule has 0 saturated heterocycles. The standard InChI is InChI=1S/C17H21N3/c1-5-12-7-14-9-15-8-13(6-2)11(4)19-17(15)20-16(14)18-10(12)3/h5,8-10,14H,6-7H2,1-4H3/b12-5-/t10-,14?/m0/s1. The number of aryl methyl sites for hydroxylation is 2. The Morgan fingerprint density at radius 2 is 2.20 bits per heavy atom. The molecule has 0 amide bonds. The molecule has 1 aromatic rings. The summed E-state index contributed by atoms with van der Waals surface area (Å²) >= 11 is 0. The monoisotopic (exact) mass is 267 g/mol. The van der Waals surface area contributed by atoms with Gasteiger partial charge in [-0.05, 0) is 50.8 Å². The quantitative estimate of drug-likeness (QED) is 0.718. The predicted molar refractivity (Wildman–Crippen MR) is 82.4 cm³/mol. The number of aliphatic imine (C=N–C) groups is 1. The largest absolute Gasteiger partial charge is 0.262 e. The van der Waals surface area contributed by atoms with Gasteiger partial charge < -0.3 is 0 Å². The number of fused-ring (bicyclic) bond motifs is 2. The van der Waals surface area contributed by atoms with Crippen LogP contribution >= 0.6 is 0 Å². The zero-order valence-corrected chi connectivity index (χ0v) is 12.6. The van der Waals surface area contributed by atoms with Crippen LogP contribution in [0.3, 0.4) is 0 Å². The summed E-state index contributed by atoms with van der Waals surface area (Å²) in [5, 5.41) is 1.17. The maximum absolute atomic E-state index is 4.74. The van der Waals surface area contributed by atoms with Gasteiger partial charge >= 0.3 is 0 Å². The van der Waals surface area contributed by atoms with Crippen LogP contribution in [-0.4, -0.2) is 16.9 Å². The second-order valence-corrected chi connectivity index (χ2v) is 5.62. The zero-order chi connectivity index (χ0) is 14.3. The number of hydrogen-bond acceptors (Lipinski definition) is 3. The molecule has 3 rings (SSSR count). The van der Waals surface area contributed by atoms with E-state index in [0.29, 0.717) is 5.92 Å². The minimum atomic E-state index is 0.251. The minimum absolute atomic E-state index is 0.251. The van der Waals surface area contributed by atoms with Crippen molar-refractivity contribution in [2.75, 3.05) is 0 Å². The van der Waals surface area contributed by atoms with Crippen LogP contribution < -0.4 is 10.7 Å². The summed E-state index contributed by atoms with van der Waals surface area (Å²) in [6, 6.07) is 2.49. The average molecular weight is 267 g/mol. The molecule has 1 unspecified atom stereocenters. The second-order valence-electron chi connectivity index (χ2n) is 5.62. The van der Waals surface area contributed by atoms with Gasteiger partial charge in [0.15, 0.2) is 5.49 Å². The van der Waals surface area contributed by atoms with Gasteiger partial charge in [0, 0.05) is 16.8 Å². The first-order chi connectivity index (χ1) is 9.62. The summed E-state index contributed by atoms with van der Waals surface area (Å²) in [5.41, 5.74) is 4.64. The van der Waals surface area contributed by atoms with E-state index in [1.807, 2.05) is 0 Å². The molecule has 3 heteroatoms. The van der Waals surface area contributed by atoms with Gasteiger partial charge in [-0.1, -0.05) is 19.1 Å².